The van der Waals surface area contributed by atoms with E-state index in [2.05, 4.69) is 4.98 Å². The van der Waals surface area contributed by atoms with Crippen LogP contribution in [0.25, 0.3) is 6.08 Å². The van der Waals surface area contributed by atoms with E-state index in [1.807, 2.05) is 6.07 Å². The second-order valence-corrected chi connectivity index (χ2v) is 7.20. The van der Waals surface area contributed by atoms with Crippen molar-refractivity contribution in [2.24, 2.45) is 0 Å². The van der Waals surface area contributed by atoms with Crippen molar-refractivity contribution < 1.29 is 18.7 Å². The van der Waals surface area contributed by atoms with Crippen LogP contribution in [-0.4, -0.2) is 34.6 Å². The van der Waals surface area contributed by atoms with E-state index in [0.29, 0.717) is 5.56 Å². The first kappa shape index (κ1) is 24.2. The molecule has 0 bridgehead atoms. The van der Waals surface area contributed by atoms with Crippen LogP contribution in [0.4, 0.5) is 15.9 Å². The Bertz CT molecular complexity index is 1330. The molecule has 0 aliphatic heterocycles. The number of esters is 1. The Balaban J connectivity index is 1.76. The molecule has 0 radical (unpaired) electrons. The highest BCUT2D eigenvalue weighted by atomic mass is 19.1. The standard InChI is InChI=1S/C24H23FN4O5/c1-2-28(19(30)15-34-20(31)12-11-16-9-6-10-18(25)13-16)21-22(26)29(24(33)27-23(21)32)14-17-7-4-3-5-8-17/h3-13H,2,14-15,26H2,1H3,(H,27,32,33)/b12-11+. The number of aromatic amines is 1. The number of nitrogens with one attached hydrogen (secondary N) is 1. The summed E-state index contributed by atoms with van der Waals surface area (Å²) in [6.45, 7) is 1.05. The van der Waals surface area contributed by atoms with E-state index in [9.17, 15) is 23.6 Å². The second kappa shape index (κ2) is 10.9. The molecule has 1 aromatic heterocycles. The number of nitrogen functional groups attached to an aromatic ring is 1. The zero-order valence-electron chi connectivity index (χ0n) is 18.4. The highest BCUT2D eigenvalue weighted by Gasteiger charge is 2.23. The van der Waals surface area contributed by atoms with Gasteiger partial charge in [-0.1, -0.05) is 42.5 Å². The van der Waals surface area contributed by atoms with Crippen molar-refractivity contribution in [3.63, 3.8) is 0 Å². The first-order valence-electron chi connectivity index (χ1n) is 10.4. The summed E-state index contributed by atoms with van der Waals surface area (Å²) in [6.07, 6.45) is 2.40. The minimum Gasteiger partial charge on any atom is -0.452 e. The highest BCUT2D eigenvalue weighted by molar-refractivity contribution is 5.98. The molecule has 0 saturated heterocycles. The molecule has 0 aliphatic carbocycles. The fourth-order valence-corrected chi connectivity index (χ4v) is 3.25. The van der Waals surface area contributed by atoms with E-state index in [4.69, 9.17) is 10.5 Å². The molecule has 3 aromatic rings. The van der Waals surface area contributed by atoms with Gasteiger partial charge in [0.1, 0.15) is 11.6 Å². The molecule has 10 heteroatoms. The molecule has 3 rings (SSSR count). The first-order chi connectivity index (χ1) is 16.3. The summed E-state index contributed by atoms with van der Waals surface area (Å²) in [5.74, 6) is -2.19. The Labute approximate surface area is 193 Å². The van der Waals surface area contributed by atoms with E-state index in [0.717, 1.165) is 21.1 Å². The molecular formula is C24H23FN4O5. The maximum Gasteiger partial charge on any atom is 0.331 e. The number of benzene rings is 2. The van der Waals surface area contributed by atoms with Crippen molar-refractivity contribution in [2.45, 2.75) is 13.5 Å². The van der Waals surface area contributed by atoms with Gasteiger partial charge in [-0.15, -0.1) is 0 Å². The number of ether oxygens (including phenoxy) is 1. The number of nitrogens with two attached hydrogens (primary N) is 1. The lowest BCUT2D eigenvalue weighted by atomic mass is 10.2. The van der Waals surface area contributed by atoms with E-state index < -0.39 is 35.5 Å². The second-order valence-electron chi connectivity index (χ2n) is 7.20. The zero-order chi connectivity index (χ0) is 24.7. The van der Waals surface area contributed by atoms with Crippen LogP contribution in [0.15, 0.2) is 70.3 Å². The summed E-state index contributed by atoms with van der Waals surface area (Å²) < 4.78 is 19.3. The molecule has 0 spiro atoms. The van der Waals surface area contributed by atoms with Crippen LogP contribution in [0.1, 0.15) is 18.1 Å². The Kier molecular flexibility index (Phi) is 7.75. The van der Waals surface area contributed by atoms with Crippen molar-refractivity contribution in [3.05, 3.63) is 98.5 Å². The maximum absolute atomic E-state index is 13.2. The third kappa shape index (κ3) is 5.85. The first-order valence-corrected chi connectivity index (χ1v) is 10.4. The van der Waals surface area contributed by atoms with Gasteiger partial charge in [0.05, 0.1) is 6.54 Å². The molecule has 0 unspecified atom stereocenters. The summed E-state index contributed by atoms with van der Waals surface area (Å²) in [7, 11) is 0. The summed E-state index contributed by atoms with van der Waals surface area (Å²) in [5, 5.41) is 0. The van der Waals surface area contributed by atoms with E-state index in [-0.39, 0.29) is 24.6 Å². The molecule has 1 amide bonds. The number of anilines is 2. The minimum atomic E-state index is -0.834. The maximum atomic E-state index is 13.2. The quantitative estimate of drug-likeness (QED) is 0.386. The Morgan fingerprint density at radius 2 is 1.88 bits per heavy atom. The lowest BCUT2D eigenvalue weighted by Gasteiger charge is -2.23. The van der Waals surface area contributed by atoms with Crippen LogP contribution in [0.3, 0.4) is 0 Å². The van der Waals surface area contributed by atoms with Gasteiger partial charge in [-0.2, -0.15) is 0 Å². The third-order valence-electron chi connectivity index (χ3n) is 4.88. The average molecular weight is 466 g/mol. The fourth-order valence-electron chi connectivity index (χ4n) is 3.25. The Hall–Kier alpha value is -4.47. The lowest BCUT2D eigenvalue weighted by Crippen LogP contribution is -2.42. The number of rotatable bonds is 8. The molecule has 0 aliphatic rings. The van der Waals surface area contributed by atoms with Crippen LogP contribution >= 0.6 is 0 Å². The number of amides is 1. The molecule has 0 saturated carbocycles. The van der Waals surface area contributed by atoms with Gasteiger partial charge in [-0.25, -0.2) is 14.0 Å². The predicted octanol–water partition coefficient (Wildman–Crippen LogP) is 1.92. The smallest absolute Gasteiger partial charge is 0.331 e. The molecule has 34 heavy (non-hydrogen) atoms. The van der Waals surface area contributed by atoms with Crippen LogP contribution < -0.4 is 21.9 Å². The zero-order valence-corrected chi connectivity index (χ0v) is 18.4. The number of carbonyl (C=O) groups is 2. The third-order valence-corrected chi connectivity index (χ3v) is 4.88. The molecule has 3 N–H and O–H groups in total. The summed E-state index contributed by atoms with van der Waals surface area (Å²) in [5.41, 5.74) is 5.57. The average Bonchev–Trinajstić information content (AvgIpc) is 2.82. The van der Waals surface area contributed by atoms with Gasteiger partial charge in [0.2, 0.25) is 0 Å². The largest absolute Gasteiger partial charge is 0.452 e. The van der Waals surface area contributed by atoms with Crippen molar-refractivity contribution in [1.82, 2.24) is 9.55 Å². The molecule has 0 atom stereocenters. The molecule has 1 heterocycles. The van der Waals surface area contributed by atoms with Gasteiger partial charge in [0.15, 0.2) is 12.3 Å². The summed E-state index contributed by atoms with van der Waals surface area (Å²) >= 11 is 0. The van der Waals surface area contributed by atoms with Crippen LogP contribution in [0, 0.1) is 5.82 Å². The SMILES string of the molecule is CCN(C(=O)COC(=O)/C=C/c1cccc(F)c1)c1c(N)n(Cc2ccccc2)c(=O)[nH]c1=O. The number of carbonyl (C=O) groups excluding carboxylic acids is 2. The van der Waals surface area contributed by atoms with Crippen LogP contribution in [0.5, 0.6) is 0 Å². The lowest BCUT2D eigenvalue weighted by molar-refractivity contribution is -0.142. The number of aromatic nitrogens is 2. The van der Waals surface area contributed by atoms with Gasteiger partial charge in [-0.05, 0) is 36.3 Å². The Morgan fingerprint density at radius 1 is 1.15 bits per heavy atom. The monoisotopic (exact) mass is 466 g/mol. The van der Waals surface area contributed by atoms with Gasteiger partial charge < -0.3 is 15.4 Å². The fraction of sp³-hybridized carbons (Fsp3) is 0.167. The number of hydrogen-bond acceptors (Lipinski definition) is 6. The number of H-pyrrole nitrogens is 1. The summed E-state index contributed by atoms with van der Waals surface area (Å²) in [6, 6.07) is 14.6. The molecule has 9 nitrogen and oxygen atoms in total. The molecular weight excluding hydrogens is 443 g/mol. The van der Waals surface area contributed by atoms with E-state index >= 15 is 0 Å². The number of likely N-dealkylation sites (N-methyl/N-ethyl adjacent to an activating group) is 1. The normalized spacial score (nSPS) is 10.9. The summed E-state index contributed by atoms with van der Waals surface area (Å²) in [4.78, 5) is 52.8. The minimum absolute atomic E-state index is 0.0341. The van der Waals surface area contributed by atoms with E-state index in [1.54, 1.807) is 37.3 Å². The Morgan fingerprint density at radius 3 is 2.56 bits per heavy atom. The molecule has 176 valence electrons. The van der Waals surface area contributed by atoms with Crippen molar-refractivity contribution >= 4 is 29.5 Å². The van der Waals surface area contributed by atoms with E-state index in [1.165, 1.54) is 24.3 Å². The van der Waals surface area contributed by atoms with Crippen molar-refractivity contribution in [1.29, 1.82) is 0 Å². The molecule has 0 fully saturated rings. The van der Waals surface area contributed by atoms with Gasteiger partial charge >= 0.3 is 11.7 Å². The van der Waals surface area contributed by atoms with Crippen LogP contribution in [0.2, 0.25) is 0 Å². The highest BCUT2D eigenvalue weighted by Crippen LogP contribution is 2.18. The predicted molar refractivity (Wildman–Crippen MR) is 126 cm³/mol. The van der Waals surface area contributed by atoms with Crippen LogP contribution in [-0.2, 0) is 20.9 Å². The van der Waals surface area contributed by atoms with Crippen molar-refractivity contribution in [2.75, 3.05) is 23.8 Å². The number of halogens is 1. The van der Waals surface area contributed by atoms with Gasteiger partial charge in [-0.3, -0.25) is 19.1 Å². The number of hydrogen-bond donors (Lipinski definition) is 2. The molecule has 2 aromatic carbocycles. The number of nitrogens with zero attached hydrogens (tertiary/aromatic N) is 2. The van der Waals surface area contributed by atoms with Crippen molar-refractivity contribution in [3.8, 4) is 0 Å². The topological polar surface area (TPSA) is 127 Å². The van der Waals surface area contributed by atoms with Gasteiger partial charge in [0.25, 0.3) is 11.5 Å². The van der Waals surface area contributed by atoms with Gasteiger partial charge in [0, 0.05) is 12.6 Å².